The Labute approximate surface area is 117 Å². The van der Waals surface area contributed by atoms with Crippen LogP contribution in [0, 0.1) is 0 Å². The van der Waals surface area contributed by atoms with E-state index >= 15 is 0 Å². The molecule has 90 valence electrons. The first-order valence-electron chi connectivity index (χ1n) is 4.85. The molecule has 0 aromatic heterocycles. The number of nitrogens with zero attached hydrogens (tertiary/aromatic N) is 1. The number of alkyl halides is 2. The van der Waals surface area contributed by atoms with Crippen molar-refractivity contribution in [3.05, 3.63) is 30.3 Å². The van der Waals surface area contributed by atoms with Crippen LogP contribution in [0.25, 0.3) is 0 Å². The molecular formula is C10H13Cl3NPS. The topological polar surface area (TPSA) is 3.24 Å². The number of hydrogen-bond acceptors (Lipinski definition) is 1. The van der Waals surface area contributed by atoms with Gasteiger partial charge < -0.3 is 0 Å². The van der Waals surface area contributed by atoms with Gasteiger partial charge in [-0.1, -0.05) is 53.4 Å². The van der Waals surface area contributed by atoms with Crippen LogP contribution in [-0.2, 0) is 11.8 Å². The van der Waals surface area contributed by atoms with E-state index in [4.69, 9.17) is 46.2 Å². The number of rotatable bonds is 6. The van der Waals surface area contributed by atoms with E-state index in [0.717, 1.165) is 5.30 Å². The zero-order chi connectivity index (χ0) is 12.0. The molecule has 1 atom stereocenters. The molecule has 0 aliphatic heterocycles. The first-order valence-corrected chi connectivity index (χ1v) is 9.58. The summed E-state index contributed by atoms with van der Waals surface area (Å²) in [6.45, 7) is 1.34. The molecule has 0 aliphatic rings. The monoisotopic (exact) mass is 315 g/mol. The predicted molar refractivity (Wildman–Crippen MR) is 79.2 cm³/mol. The SMILES string of the molecule is S=P(Cl)(c1ccccc1)N(CCCl)CCCl. The average Bonchev–Trinajstić information content (AvgIpc) is 2.30. The zero-order valence-corrected chi connectivity index (χ0v) is 12.6. The lowest BCUT2D eigenvalue weighted by atomic mass is 10.4. The lowest BCUT2D eigenvalue weighted by Crippen LogP contribution is -2.27. The van der Waals surface area contributed by atoms with Crippen molar-refractivity contribution in [2.45, 2.75) is 0 Å². The summed E-state index contributed by atoms with van der Waals surface area (Å²) < 4.78 is 2.01. The Bertz CT molecular complexity index is 354. The fourth-order valence-electron chi connectivity index (χ4n) is 1.34. The molecule has 0 spiro atoms. The molecule has 0 saturated heterocycles. The van der Waals surface area contributed by atoms with Crippen LogP contribution in [-0.4, -0.2) is 29.5 Å². The third kappa shape index (κ3) is 3.87. The van der Waals surface area contributed by atoms with Crippen LogP contribution in [0.4, 0.5) is 0 Å². The molecule has 0 N–H and O–H groups in total. The third-order valence-corrected chi connectivity index (χ3v) is 7.08. The molecule has 1 nitrogen and oxygen atoms in total. The van der Waals surface area contributed by atoms with E-state index in [2.05, 4.69) is 0 Å². The van der Waals surface area contributed by atoms with E-state index in [1.54, 1.807) is 0 Å². The Morgan fingerprint density at radius 1 is 1.06 bits per heavy atom. The minimum absolute atomic E-state index is 0.509. The van der Waals surface area contributed by atoms with Crippen LogP contribution >= 0.6 is 40.0 Å². The minimum Gasteiger partial charge on any atom is -0.258 e. The smallest absolute Gasteiger partial charge is 0.127 e. The van der Waals surface area contributed by atoms with Gasteiger partial charge in [0.2, 0.25) is 0 Å². The van der Waals surface area contributed by atoms with Gasteiger partial charge in [0.25, 0.3) is 0 Å². The second-order valence-electron chi connectivity index (χ2n) is 3.17. The van der Waals surface area contributed by atoms with Crippen LogP contribution in [0.5, 0.6) is 0 Å². The van der Waals surface area contributed by atoms with E-state index in [9.17, 15) is 0 Å². The van der Waals surface area contributed by atoms with Gasteiger partial charge in [-0.2, -0.15) is 0 Å². The fraction of sp³-hybridized carbons (Fsp3) is 0.400. The van der Waals surface area contributed by atoms with Gasteiger partial charge >= 0.3 is 0 Å². The van der Waals surface area contributed by atoms with Gasteiger partial charge in [0, 0.05) is 30.2 Å². The highest BCUT2D eigenvalue weighted by Gasteiger charge is 2.24. The Balaban J connectivity index is 2.93. The van der Waals surface area contributed by atoms with Gasteiger partial charge in [0.1, 0.15) is 5.54 Å². The standard InChI is InChI=1S/C10H13Cl3NPS/c11-6-8-14(9-7-12)15(13,16)10-4-2-1-3-5-10/h1-5H,6-9H2. The van der Waals surface area contributed by atoms with Crippen molar-refractivity contribution in [2.75, 3.05) is 24.8 Å². The van der Waals surface area contributed by atoms with Crippen molar-refractivity contribution in [3.8, 4) is 0 Å². The van der Waals surface area contributed by atoms with Crippen LogP contribution in [0.1, 0.15) is 0 Å². The molecule has 6 heteroatoms. The zero-order valence-electron chi connectivity index (χ0n) is 8.65. The second kappa shape index (κ2) is 7.20. The summed E-state index contributed by atoms with van der Waals surface area (Å²) >= 11 is 23.6. The summed E-state index contributed by atoms with van der Waals surface area (Å²) in [6, 6.07) is 9.76. The number of hydrogen-bond donors (Lipinski definition) is 0. The van der Waals surface area contributed by atoms with Crippen LogP contribution in [0.3, 0.4) is 0 Å². The molecule has 1 aromatic rings. The van der Waals surface area contributed by atoms with Gasteiger partial charge in [0.15, 0.2) is 0 Å². The average molecular weight is 317 g/mol. The van der Waals surface area contributed by atoms with E-state index in [-0.39, 0.29) is 0 Å². The molecule has 0 heterocycles. The Morgan fingerprint density at radius 3 is 2.00 bits per heavy atom. The third-order valence-electron chi connectivity index (χ3n) is 2.12. The lowest BCUT2D eigenvalue weighted by Gasteiger charge is -2.29. The van der Waals surface area contributed by atoms with Gasteiger partial charge in [-0.3, -0.25) is 4.67 Å². The summed E-state index contributed by atoms with van der Waals surface area (Å²) in [4.78, 5) is 0. The maximum absolute atomic E-state index is 6.52. The Morgan fingerprint density at radius 2 is 1.56 bits per heavy atom. The highest BCUT2D eigenvalue weighted by Crippen LogP contribution is 2.53. The second-order valence-corrected chi connectivity index (χ2v) is 9.67. The molecule has 1 rings (SSSR count). The summed E-state index contributed by atoms with van der Waals surface area (Å²) in [5, 5.41) is 0.988. The van der Waals surface area contributed by atoms with Crippen molar-refractivity contribution in [1.82, 2.24) is 4.67 Å². The van der Waals surface area contributed by atoms with E-state index in [1.807, 2.05) is 35.0 Å². The first kappa shape index (κ1) is 14.8. The van der Waals surface area contributed by atoms with E-state index < -0.39 is 5.54 Å². The number of benzene rings is 1. The van der Waals surface area contributed by atoms with Gasteiger partial charge in [-0.05, 0) is 0 Å². The van der Waals surface area contributed by atoms with Crippen molar-refractivity contribution in [2.24, 2.45) is 0 Å². The summed E-state index contributed by atoms with van der Waals surface area (Å²) in [5.74, 6) is 1.02. The first-order chi connectivity index (χ1) is 7.62. The predicted octanol–water partition coefficient (Wildman–Crippen LogP) is 3.64. The normalized spacial score (nSPS) is 15.0. The molecule has 0 radical (unpaired) electrons. The van der Waals surface area contributed by atoms with Gasteiger partial charge in [-0.25, -0.2) is 0 Å². The molecule has 0 bridgehead atoms. The Hall–Kier alpha value is 0.700. The molecule has 1 aromatic carbocycles. The van der Waals surface area contributed by atoms with Crippen molar-refractivity contribution in [1.29, 1.82) is 0 Å². The van der Waals surface area contributed by atoms with Crippen molar-refractivity contribution in [3.63, 3.8) is 0 Å². The van der Waals surface area contributed by atoms with E-state index in [0.29, 0.717) is 24.8 Å². The van der Waals surface area contributed by atoms with Crippen molar-refractivity contribution >= 4 is 57.1 Å². The van der Waals surface area contributed by atoms with Crippen LogP contribution < -0.4 is 5.30 Å². The Kier molecular flexibility index (Phi) is 6.65. The molecule has 0 aliphatic carbocycles. The molecule has 16 heavy (non-hydrogen) atoms. The van der Waals surface area contributed by atoms with Gasteiger partial charge in [0.05, 0.1) is 0 Å². The molecule has 0 saturated carbocycles. The van der Waals surface area contributed by atoms with Crippen LogP contribution in [0.2, 0.25) is 0 Å². The minimum atomic E-state index is -2.22. The summed E-state index contributed by atoms with van der Waals surface area (Å²) in [6.07, 6.45) is 0. The van der Waals surface area contributed by atoms with E-state index in [1.165, 1.54) is 0 Å². The fourth-order valence-corrected chi connectivity index (χ4v) is 5.21. The lowest BCUT2D eigenvalue weighted by molar-refractivity contribution is 0.521. The van der Waals surface area contributed by atoms with Crippen LogP contribution in [0.15, 0.2) is 30.3 Å². The highest BCUT2D eigenvalue weighted by molar-refractivity contribution is 8.29. The summed E-state index contributed by atoms with van der Waals surface area (Å²) in [5.41, 5.74) is -2.22. The van der Waals surface area contributed by atoms with Crippen molar-refractivity contribution < 1.29 is 0 Å². The molecule has 0 amide bonds. The quantitative estimate of drug-likeness (QED) is 0.582. The largest absolute Gasteiger partial charge is 0.258 e. The summed E-state index contributed by atoms with van der Waals surface area (Å²) in [7, 11) is 0. The van der Waals surface area contributed by atoms with Gasteiger partial charge in [-0.15, -0.1) is 23.2 Å². The molecule has 1 unspecified atom stereocenters. The highest BCUT2D eigenvalue weighted by atomic mass is 35.7. The maximum atomic E-state index is 6.52. The number of halogens is 3. The molecular weight excluding hydrogens is 304 g/mol. The maximum Gasteiger partial charge on any atom is 0.127 e. The molecule has 0 fully saturated rings.